The largest absolute Gasteiger partial charge is 1.00 e. The molecule has 1 amide bonds. The zero-order chi connectivity index (χ0) is 14.5. The maximum absolute atomic E-state index is 12.0. The van der Waals surface area contributed by atoms with E-state index in [4.69, 9.17) is 4.74 Å². The summed E-state index contributed by atoms with van der Waals surface area (Å²) in [6.45, 7) is 8.77. The zero-order valence-corrected chi connectivity index (χ0v) is 13.7. The van der Waals surface area contributed by atoms with Crippen molar-refractivity contribution in [3.8, 4) is 0 Å². The molecular formula is C16H24ClN2O2-. The molecule has 0 radical (unpaired) electrons. The summed E-state index contributed by atoms with van der Waals surface area (Å²) < 4.78 is 5.69. The number of morpholine rings is 1. The SMILES string of the molecule is Cc1cccc(NC(=O)CCN2CC(C)OC(C)C2)c1.[Cl-]. The molecule has 0 aliphatic carbocycles. The number of hydrogen-bond donors (Lipinski definition) is 1. The summed E-state index contributed by atoms with van der Waals surface area (Å²) in [5.41, 5.74) is 2.03. The van der Waals surface area contributed by atoms with E-state index < -0.39 is 0 Å². The van der Waals surface area contributed by atoms with Gasteiger partial charge >= 0.3 is 0 Å². The molecule has 21 heavy (non-hydrogen) atoms. The van der Waals surface area contributed by atoms with E-state index in [2.05, 4.69) is 24.1 Å². The third-order valence-electron chi connectivity index (χ3n) is 3.45. The molecule has 1 N–H and O–H groups in total. The molecule has 2 atom stereocenters. The molecule has 0 saturated carbocycles. The Morgan fingerprint density at radius 1 is 1.33 bits per heavy atom. The van der Waals surface area contributed by atoms with E-state index in [1.54, 1.807) is 0 Å². The standard InChI is InChI=1S/C16H24N2O2.ClH/c1-12-5-4-6-15(9-12)17-16(19)7-8-18-10-13(2)20-14(3)11-18;/h4-6,9,13-14H,7-8,10-11H2,1-3H3,(H,17,19);1H/p-1. The number of rotatable bonds is 4. The Morgan fingerprint density at radius 2 is 2.00 bits per heavy atom. The minimum absolute atomic E-state index is 0. The molecule has 0 aromatic heterocycles. The van der Waals surface area contributed by atoms with Crippen LogP contribution >= 0.6 is 0 Å². The minimum Gasteiger partial charge on any atom is -1.00 e. The van der Waals surface area contributed by atoms with Crippen molar-refractivity contribution in [2.75, 3.05) is 25.0 Å². The van der Waals surface area contributed by atoms with E-state index in [9.17, 15) is 4.79 Å². The van der Waals surface area contributed by atoms with Crippen LogP contribution in [0.5, 0.6) is 0 Å². The Morgan fingerprint density at radius 3 is 2.62 bits per heavy atom. The second kappa shape index (κ2) is 8.37. The predicted octanol–water partition coefficient (Wildman–Crippen LogP) is -0.563. The molecular weight excluding hydrogens is 288 g/mol. The van der Waals surface area contributed by atoms with Crippen molar-refractivity contribution in [3.05, 3.63) is 29.8 Å². The number of hydrogen-bond acceptors (Lipinski definition) is 3. The van der Waals surface area contributed by atoms with Gasteiger partial charge in [0.2, 0.25) is 5.91 Å². The van der Waals surface area contributed by atoms with Gasteiger partial charge in [-0.2, -0.15) is 0 Å². The van der Waals surface area contributed by atoms with Crippen molar-refractivity contribution < 1.29 is 21.9 Å². The van der Waals surface area contributed by atoms with E-state index in [1.165, 1.54) is 0 Å². The molecule has 1 aliphatic heterocycles. The molecule has 1 aromatic carbocycles. The Labute approximate surface area is 133 Å². The summed E-state index contributed by atoms with van der Waals surface area (Å²) in [4.78, 5) is 14.3. The van der Waals surface area contributed by atoms with Crippen molar-refractivity contribution >= 4 is 11.6 Å². The fraction of sp³-hybridized carbons (Fsp3) is 0.562. The second-order valence-electron chi connectivity index (χ2n) is 5.68. The number of carbonyl (C=O) groups excluding carboxylic acids is 1. The van der Waals surface area contributed by atoms with Gasteiger partial charge in [-0.15, -0.1) is 0 Å². The van der Waals surface area contributed by atoms with E-state index in [-0.39, 0.29) is 30.5 Å². The van der Waals surface area contributed by atoms with Crippen molar-refractivity contribution in [1.82, 2.24) is 4.90 Å². The summed E-state index contributed by atoms with van der Waals surface area (Å²) in [6, 6.07) is 7.88. The summed E-state index contributed by atoms with van der Waals surface area (Å²) in [7, 11) is 0. The quantitative estimate of drug-likeness (QED) is 0.810. The average Bonchev–Trinajstić information content (AvgIpc) is 2.35. The number of anilines is 1. The van der Waals surface area contributed by atoms with Gasteiger partial charge in [0.1, 0.15) is 0 Å². The topological polar surface area (TPSA) is 41.6 Å². The van der Waals surface area contributed by atoms with E-state index in [0.717, 1.165) is 30.9 Å². The second-order valence-corrected chi connectivity index (χ2v) is 5.68. The van der Waals surface area contributed by atoms with Gasteiger partial charge in [-0.05, 0) is 38.5 Å². The molecule has 0 bridgehead atoms. The first-order valence-electron chi connectivity index (χ1n) is 7.27. The van der Waals surface area contributed by atoms with Crippen LogP contribution in [0.3, 0.4) is 0 Å². The van der Waals surface area contributed by atoms with Gasteiger partial charge in [0.15, 0.2) is 0 Å². The predicted molar refractivity (Wildman–Crippen MR) is 80.9 cm³/mol. The summed E-state index contributed by atoms with van der Waals surface area (Å²) >= 11 is 0. The summed E-state index contributed by atoms with van der Waals surface area (Å²) in [6.07, 6.45) is 1.02. The molecule has 1 heterocycles. The van der Waals surface area contributed by atoms with Gasteiger partial charge in [0.25, 0.3) is 0 Å². The highest BCUT2D eigenvalue weighted by Gasteiger charge is 2.22. The average molecular weight is 312 g/mol. The Balaban J connectivity index is 0.00000220. The lowest BCUT2D eigenvalue weighted by atomic mass is 10.2. The number of nitrogens with zero attached hydrogens (tertiary/aromatic N) is 1. The number of ether oxygens (including phenoxy) is 1. The highest BCUT2D eigenvalue weighted by atomic mass is 35.5. The van der Waals surface area contributed by atoms with Gasteiger partial charge in [-0.25, -0.2) is 0 Å². The molecule has 118 valence electrons. The van der Waals surface area contributed by atoms with Crippen LogP contribution in [0.15, 0.2) is 24.3 Å². The van der Waals surface area contributed by atoms with Crippen LogP contribution in [-0.4, -0.2) is 42.6 Å². The first-order chi connectivity index (χ1) is 9.52. The van der Waals surface area contributed by atoms with Crippen molar-refractivity contribution in [1.29, 1.82) is 0 Å². The van der Waals surface area contributed by atoms with Gasteiger partial charge < -0.3 is 22.5 Å². The lowest BCUT2D eigenvalue weighted by molar-refractivity contribution is -0.117. The summed E-state index contributed by atoms with van der Waals surface area (Å²) in [5.74, 6) is 0.0717. The van der Waals surface area contributed by atoms with Crippen molar-refractivity contribution in [3.63, 3.8) is 0 Å². The highest BCUT2D eigenvalue weighted by molar-refractivity contribution is 5.90. The third-order valence-corrected chi connectivity index (χ3v) is 3.45. The zero-order valence-electron chi connectivity index (χ0n) is 12.9. The van der Waals surface area contributed by atoms with E-state index in [0.29, 0.717) is 6.42 Å². The molecule has 2 rings (SSSR count). The Kier molecular flexibility index (Phi) is 7.15. The fourth-order valence-electron chi connectivity index (χ4n) is 2.67. The minimum atomic E-state index is 0. The van der Waals surface area contributed by atoms with Gasteiger partial charge in [-0.3, -0.25) is 9.69 Å². The third kappa shape index (κ3) is 6.04. The normalized spacial score (nSPS) is 22.4. The highest BCUT2D eigenvalue weighted by Crippen LogP contribution is 2.12. The number of halogens is 1. The van der Waals surface area contributed by atoms with Crippen molar-refractivity contribution in [2.24, 2.45) is 0 Å². The maximum Gasteiger partial charge on any atom is 0.225 e. The molecule has 1 fully saturated rings. The van der Waals surface area contributed by atoms with Crippen LogP contribution in [0.4, 0.5) is 5.69 Å². The number of aryl methyl sites for hydroxylation is 1. The number of carbonyl (C=O) groups is 1. The summed E-state index contributed by atoms with van der Waals surface area (Å²) in [5, 5.41) is 2.95. The van der Waals surface area contributed by atoms with Crippen LogP contribution in [0.25, 0.3) is 0 Å². The smallest absolute Gasteiger partial charge is 0.225 e. The van der Waals surface area contributed by atoms with Crippen LogP contribution in [0.1, 0.15) is 25.8 Å². The molecule has 1 aliphatic rings. The first kappa shape index (κ1) is 18.0. The molecule has 5 heteroatoms. The van der Waals surface area contributed by atoms with Crippen LogP contribution in [0, 0.1) is 6.92 Å². The maximum atomic E-state index is 12.0. The van der Waals surface area contributed by atoms with Crippen LogP contribution in [0.2, 0.25) is 0 Å². The Bertz CT molecular complexity index is 457. The van der Waals surface area contributed by atoms with Gasteiger partial charge in [-0.1, -0.05) is 12.1 Å². The van der Waals surface area contributed by atoms with E-state index in [1.807, 2.05) is 31.2 Å². The monoisotopic (exact) mass is 311 g/mol. The lowest BCUT2D eigenvalue weighted by Crippen LogP contribution is -3.00. The molecule has 2 unspecified atom stereocenters. The lowest BCUT2D eigenvalue weighted by Gasteiger charge is -2.35. The molecule has 0 spiro atoms. The van der Waals surface area contributed by atoms with E-state index >= 15 is 0 Å². The number of nitrogens with one attached hydrogen (secondary N) is 1. The van der Waals surface area contributed by atoms with Gasteiger partial charge in [0, 0.05) is 31.7 Å². The Hall–Kier alpha value is -1.10. The fourth-order valence-corrected chi connectivity index (χ4v) is 2.67. The number of amides is 1. The van der Waals surface area contributed by atoms with Gasteiger partial charge in [0.05, 0.1) is 12.2 Å². The molecule has 4 nitrogen and oxygen atoms in total. The van der Waals surface area contributed by atoms with Crippen LogP contribution < -0.4 is 17.7 Å². The first-order valence-corrected chi connectivity index (χ1v) is 7.27. The van der Waals surface area contributed by atoms with Crippen LogP contribution in [-0.2, 0) is 9.53 Å². The van der Waals surface area contributed by atoms with Crippen molar-refractivity contribution in [2.45, 2.75) is 39.4 Å². The molecule has 1 aromatic rings. The number of benzene rings is 1. The molecule has 1 saturated heterocycles.